The van der Waals surface area contributed by atoms with E-state index in [1.165, 1.54) is 0 Å². The zero-order chi connectivity index (χ0) is 29.2. The molecule has 0 saturated heterocycles. The molecule has 3 N–H and O–H groups in total. The second kappa shape index (κ2) is 11.3. The Labute approximate surface area is 243 Å². The number of para-hydroxylation sites is 3. The lowest BCUT2D eigenvalue weighted by Gasteiger charge is -2.21. The molecule has 7 nitrogen and oxygen atoms in total. The lowest BCUT2D eigenvalue weighted by Crippen LogP contribution is -2.38. The van der Waals surface area contributed by atoms with Crippen molar-refractivity contribution in [2.75, 3.05) is 18.5 Å². The van der Waals surface area contributed by atoms with E-state index >= 15 is 0 Å². The number of nitrogens with one attached hydrogen (secondary N) is 2. The molecule has 0 aliphatic rings. The maximum absolute atomic E-state index is 13.5. The van der Waals surface area contributed by atoms with Crippen molar-refractivity contribution >= 4 is 33.6 Å². The summed E-state index contributed by atoms with van der Waals surface area (Å²) in [6.45, 7) is 2.37. The molecule has 2 aromatic heterocycles. The highest BCUT2D eigenvalue weighted by molar-refractivity contribution is 5.91. The van der Waals surface area contributed by atoms with Crippen molar-refractivity contribution in [1.29, 1.82) is 0 Å². The van der Waals surface area contributed by atoms with Gasteiger partial charge < -0.3 is 19.8 Å². The number of urea groups is 1. The average molecular weight is 558 g/mol. The Hall–Kier alpha value is -5.30. The summed E-state index contributed by atoms with van der Waals surface area (Å²) in [7, 11) is 1.73. The minimum Gasteiger partial charge on any atom is -0.507 e. The summed E-state index contributed by atoms with van der Waals surface area (Å²) in [5, 5.41) is 16.0. The molecule has 0 fully saturated rings. The van der Waals surface area contributed by atoms with Crippen LogP contribution in [0.2, 0.25) is 0 Å². The van der Waals surface area contributed by atoms with Gasteiger partial charge in [0.2, 0.25) is 0 Å². The quantitative estimate of drug-likeness (QED) is 0.187. The summed E-state index contributed by atoms with van der Waals surface area (Å²) in [4.78, 5) is 31.6. The number of aromatic amines is 1. The van der Waals surface area contributed by atoms with Crippen molar-refractivity contribution in [3.8, 4) is 5.75 Å². The lowest BCUT2D eigenvalue weighted by atomic mass is 9.85. The number of hydrogen-bond acceptors (Lipinski definition) is 4. The van der Waals surface area contributed by atoms with E-state index in [1.54, 1.807) is 36.2 Å². The number of hydrogen-bond donors (Lipinski definition) is 3. The van der Waals surface area contributed by atoms with Gasteiger partial charge in [0.1, 0.15) is 11.3 Å². The van der Waals surface area contributed by atoms with Crippen LogP contribution in [0.25, 0.3) is 21.9 Å². The van der Waals surface area contributed by atoms with Crippen LogP contribution in [-0.4, -0.2) is 29.7 Å². The van der Waals surface area contributed by atoms with Crippen LogP contribution < -0.4 is 15.8 Å². The first-order valence-corrected chi connectivity index (χ1v) is 13.9. The van der Waals surface area contributed by atoms with Crippen molar-refractivity contribution in [3.63, 3.8) is 0 Å². The summed E-state index contributed by atoms with van der Waals surface area (Å²) in [6, 6.07) is 32.1. The van der Waals surface area contributed by atoms with E-state index in [1.807, 2.05) is 85.8 Å². The zero-order valence-corrected chi connectivity index (χ0v) is 23.4. The number of anilines is 1. The van der Waals surface area contributed by atoms with E-state index in [-0.39, 0.29) is 17.3 Å². The number of aromatic nitrogens is 1. The average Bonchev–Trinajstić information content (AvgIpc) is 3.37. The maximum atomic E-state index is 13.5. The number of benzene rings is 4. The molecular weight excluding hydrogens is 526 g/mol. The molecule has 1 atom stereocenters. The third-order valence-electron chi connectivity index (χ3n) is 7.75. The molecule has 0 spiro atoms. The number of rotatable bonds is 7. The van der Waals surface area contributed by atoms with Gasteiger partial charge in [-0.1, -0.05) is 78.4 Å². The molecule has 0 saturated carbocycles. The lowest BCUT2D eigenvalue weighted by molar-refractivity contribution is 0.247. The number of amides is 2. The van der Waals surface area contributed by atoms with Crippen molar-refractivity contribution in [2.45, 2.75) is 19.3 Å². The van der Waals surface area contributed by atoms with Crippen LogP contribution >= 0.6 is 0 Å². The molecule has 42 heavy (non-hydrogen) atoms. The predicted molar refractivity (Wildman–Crippen MR) is 167 cm³/mol. The molecule has 0 bridgehead atoms. The Bertz CT molecular complexity index is 1940. The minimum atomic E-state index is -0.642. The Kier molecular flexibility index (Phi) is 7.23. The van der Waals surface area contributed by atoms with E-state index in [0.717, 1.165) is 39.0 Å². The molecular formula is C35H31N3O4. The van der Waals surface area contributed by atoms with Gasteiger partial charge in [-0.05, 0) is 54.8 Å². The summed E-state index contributed by atoms with van der Waals surface area (Å²) >= 11 is 0. The Balaban J connectivity index is 1.44. The number of carbonyl (C=O) groups is 1. The first-order chi connectivity index (χ1) is 20.4. The van der Waals surface area contributed by atoms with Crippen molar-refractivity contribution in [3.05, 3.63) is 141 Å². The van der Waals surface area contributed by atoms with Gasteiger partial charge in [-0.3, -0.25) is 4.90 Å². The molecule has 1 unspecified atom stereocenters. The van der Waals surface area contributed by atoms with Crippen molar-refractivity contribution in [2.24, 2.45) is 0 Å². The fourth-order valence-electron chi connectivity index (χ4n) is 5.56. The topological polar surface area (TPSA) is 98.6 Å². The number of aromatic hydroxyl groups is 1. The zero-order valence-electron chi connectivity index (χ0n) is 23.4. The van der Waals surface area contributed by atoms with Crippen LogP contribution in [0.15, 0.2) is 112 Å². The number of fused-ring (bicyclic) bond motifs is 2. The first-order valence-electron chi connectivity index (χ1n) is 13.9. The predicted octanol–water partition coefficient (Wildman–Crippen LogP) is 6.86. The number of carbonyl (C=O) groups excluding carboxylic acids is 1. The van der Waals surface area contributed by atoms with Gasteiger partial charge in [0.05, 0.1) is 16.9 Å². The van der Waals surface area contributed by atoms with Gasteiger partial charge in [0.15, 0.2) is 0 Å². The molecule has 6 rings (SSSR count). The second-order valence-electron chi connectivity index (χ2n) is 10.4. The summed E-state index contributed by atoms with van der Waals surface area (Å²) in [5.74, 6) is -0.744. The van der Waals surface area contributed by atoms with E-state index < -0.39 is 11.5 Å². The van der Waals surface area contributed by atoms with E-state index in [4.69, 9.17) is 4.42 Å². The Morgan fingerprint density at radius 3 is 2.33 bits per heavy atom. The fourth-order valence-corrected chi connectivity index (χ4v) is 5.56. The van der Waals surface area contributed by atoms with Crippen LogP contribution in [0, 0.1) is 6.92 Å². The van der Waals surface area contributed by atoms with Gasteiger partial charge in [-0.2, -0.15) is 0 Å². The third-order valence-corrected chi connectivity index (χ3v) is 7.75. The molecule has 2 amide bonds. The van der Waals surface area contributed by atoms with Gasteiger partial charge in [-0.25, -0.2) is 9.59 Å². The fraction of sp³-hybridized carbons (Fsp3) is 0.143. The van der Waals surface area contributed by atoms with E-state index in [9.17, 15) is 14.7 Å². The van der Waals surface area contributed by atoms with E-state index in [2.05, 4.69) is 10.3 Å². The van der Waals surface area contributed by atoms with Gasteiger partial charge >= 0.3 is 11.7 Å². The van der Waals surface area contributed by atoms with Crippen LogP contribution in [0.3, 0.4) is 0 Å². The highest BCUT2D eigenvalue weighted by Crippen LogP contribution is 2.41. The monoisotopic (exact) mass is 557 g/mol. The molecule has 0 aliphatic carbocycles. The molecule has 4 aromatic carbocycles. The highest BCUT2D eigenvalue weighted by atomic mass is 16.4. The Morgan fingerprint density at radius 2 is 1.57 bits per heavy atom. The van der Waals surface area contributed by atoms with Crippen molar-refractivity contribution in [1.82, 2.24) is 10.3 Å². The van der Waals surface area contributed by atoms with Crippen LogP contribution in [0.1, 0.15) is 33.9 Å². The standard InChI is InChI=1S/C35H31N3O4/c1-22-16-18-23(19-17-22)30(31-33(39)27-13-7-9-15-29(27)42-34(31)40)32-26(25-12-6-8-14-28(25)37-32)20-21-36-35(41)38(2)24-10-4-3-5-11-24/h3-19,30,37,39H,20-21H2,1-2H3,(H,36,41). The van der Waals surface area contributed by atoms with Gasteiger partial charge in [0.25, 0.3) is 0 Å². The van der Waals surface area contributed by atoms with Crippen LogP contribution in [0.5, 0.6) is 5.75 Å². The molecule has 0 radical (unpaired) electrons. The molecule has 210 valence electrons. The minimum absolute atomic E-state index is 0.102. The summed E-state index contributed by atoms with van der Waals surface area (Å²) in [6.07, 6.45) is 0.496. The van der Waals surface area contributed by atoms with Crippen LogP contribution in [-0.2, 0) is 6.42 Å². The largest absolute Gasteiger partial charge is 0.507 e. The molecule has 7 heteroatoms. The normalized spacial score (nSPS) is 12.0. The van der Waals surface area contributed by atoms with E-state index in [0.29, 0.717) is 23.9 Å². The maximum Gasteiger partial charge on any atom is 0.344 e. The highest BCUT2D eigenvalue weighted by Gasteiger charge is 2.30. The van der Waals surface area contributed by atoms with Crippen molar-refractivity contribution < 1.29 is 14.3 Å². The summed E-state index contributed by atoms with van der Waals surface area (Å²) in [5.41, 5.74) is 5.21. The molecule has 2 heterocycles. The second-order valence-corrected chi connectivity index (χ2v) is 10.4. The molecule has 0 aliphatic heterocycles. The number of aryl methyl sites for hydroxylation is 1. The summed E-state index contributed by atoms with van der Waals surface area (Å²) < 4.78 is 5.72. The number of nitrogens with zero attached hydrogens (tertiary/aromatic N) is 1. The smallest absolute Gasteiger partial charge is 0.344 e. The third kappa shape index (κ3) is 5.01. The number of H-pyrrole nitrogens is 1. The van der Waals surface area contributed by atoms with Gasteiger partial charge in [0, 0.05) is 35.9 Å². The first kappa shape index (κ1) is 26.9. The van der Waals surface area contributed by atoms with Crippen LogP contribution in [0.4, 0.5) is 10.5 Å². The SMILES string of the molecule is Cc1ccc(C(c2[nH]c3ccccc3c2CCNC(=O)N(C)c2ccccc2)c2c(O)c3ccccc3oc2=O)cc1. The Morgan fingerprint density at radius 1 is 0.905 bits per heavy atom. The molecule has 6 aromatic rings. The van der Waals surface area contributed by atoms with Gasteiger partial charge in [-0.15, -0.1) is 0 Å².